The summed E-state index contributed by atoms with van der Waals surface area (Å²) in [6.45, 7) is 0. The van der Waals surface area contributed by atoms with Crippen LogP contribution in [0, 0.1) is 0 Å². The number of hydrogen-bond donors (Lipinski definition) is 0. The lowest BCUT2D eigenvalue weighted by atomic mass is 9.86. The monoisotopic (exact) mass is 319 g/mol. The first-order valence-electron chi connectivity index (χ1n) is 7.49. The van der Waals surface area contributed by atoms with E-state index >= 15 is 0 Å². The fourth-order valence-corrected chi connectivity index (χ4v) is 2.91. The second kappa shape index (κ2) is 5.45. The van der Waals surface area contributed by atoms with E-state index < -0.39 is 0 Å². The van der Waals surface area contributed by atoms with Gasteiger partial charge in [0.05, 0.1) is 18.4 Å². The van der Waals surface area contributed by atoms with E-state index in [2.05, 4.69) is 5.16 Å². The van der Waals surface area contributed by atoms with Gasteiger partial charge >= 0.3 is 0 Å². The van der Waals surface area contributed by atoms with Crippen molar-refractivity contribution in [3.63, 3.8) is 0 Å². The van der Waals surface area contributed by atoms with Crippen LogP contribution in [0.2, 0.25) is 0 Å². The van der Waals surface area contributed by atoms with Crippen molar-refractivity contribution in [2.45, 2.75) is 6.42 Å². The fraction of sp³-hybridized carbons (Fsp3) is 0.105. The molecule has 1 aromatic heterocycles. The molecule has 0 aliphatic heterocycles. The van der Waals surface area contributed by atoms with Gasteiger partial charge in [-0.05, 0) is 17.7 Å². The van der Waals surface area contributed by atoms with Gasteiger partial charge in [0, 0.05) is 17.5 Å². The first-order chi connectivity index (χ1) is 11.7. The topological polar surface area (TPSA) is 69.4 Å². The highest BCUT2D eigenvalue weighted by atomic mass is 16.5. The molecule has 0 saturated carbocycles. The van der Waals surface area contributed by atoms with Crippen molar-refractivity contribution < 1.29 is 18.8 Å². The van der Waals surface area contributed by atoms with E-state index in [1.165, 1.54) is 0 Å². The van der Waals surface area contributed by atoms with E-state index in [4.69, 9.17) is 9.26 Å². The maximum Gasteiger partial charge on any atom is 0.232 e. The van der Waals surface area contributed by atoms with Crippen molar-refractivity contribution >= 4 is 11.6 Å². The molecule has 0 saturated heterocycles. The lowest BCUT2D eigenvalue weighted by molar-refractivity contribution is 0.0955. The van der Waals surface area contributed by atoms with Crippen molar-refractivity contribution in [3.05, 3.63) is 82.2 Å². The number of carbonyl (C=O) groups excluding carboxylic acids is 2. The highest BCUT2D eigenvalue weighted by molar-refractivity contribution is 6.27. The molecule has 0 atom stereocenters. The number of rotatable bonds is 3. The smallest absolute Gasteiger partial charge is 0.232 e. The molecule has 4 rings (SSSR count). The van der Waals surface area contributed by atoms with E-state index in [9.17, 15) is 9.59 Å². The van der Waals surface area contributed by atoms with Crippen molar-refractivity contribution in [2.24, 2.45) is 0 Å². The normalized spacial score (nSPS) is 12.7. The van der Waals surface area contributed by atoms with Gasteiger partial charge in [-0.3, -0.25) is 9.59 Å². The summed E-state index contributed by atoms with van der Waals surface area (Å²) in [5.74, 6) is 0.266. The molecule has 0 spiro atoms. The maximum absolute atomic E-state index is 12.8. The molecule has 0 N–H and O–H groups in total. The molecule has 24 heavy (non-hydrogen) atoms. The van der Waals surface area contributed by atoms with Crippen LogP contribution in [-0.2, 0) is 6.42 Å². The number of methoxy groups -OCH3 is 1. The quantitative estimate of drug-likeness (QED) is 0.580. The fourth-order valence-electron chi connectivity index (χ4n) is 2.91. The minimum absolute atomic E-state index is 0.0298. The molecule has 1 heterocycles. The van der Waals surface area contributed by atoms with Crippen LogP contribution in [0.15, 0.2) is 53.1 Å². The first-order valence-corrected chi connectivity index (χ1v) is 7.49. The minimum Gasteiger partial charge on any atom is -0.497 e. The summed E-state index contributed by atoms with van der Waals surface area (Å²) in [4.78, 5) is 25.3. The predicted octanol–water partition coefficient (Wildman–Crippen LogP) is 3.05. The summed E-state index contributed by atoms with van der Waals surface area (Å²) < 4.78 is 10.3. The summed E-state index contributed by atoms with van der Waals surface area (Å²) in [6.07, 6.45) is 0.407. The summed E-state index contributed by atoms with van der Waals surface area (Å²) >= 11 is 0. The van der Waals surface area contributed by atoms with E-state index in [-0.39, 0.29) is 22.9 Å². The van der Waals surface area contributed by atoms with Gasteiger partial charge < -0.3 is 9.26 Å². The van der Waals surface area contributed by atoms with Crippen LogP contribution in [0.3, 0.4) is 0 Å². The number of aromatic nitrogens is 1. The minimum atomic E-state index is -0.298. The summed E-state index contributed by atoms with van der Waals surface area (Å²) in [7, 11) is 1.60. The average molecular weight is 319 g/mol. The zero-order valence-electron chi connectivity index (χ0n) is 12.9. The standard InChI is InChI=1S/C19H13NO4/c1-23-12-8-6-11(7-9-12)10-15-16-17(21)13-4-2-3-5-14(13)18(22)19(16)24-20-15/h2-9H,10H2,1H3. The van der Waals surface area contributed by atoms with E-state index in [1.807, 2.05) is 24.3 Å². The molecular weight excluding hydrogens is 306 g/mol. The lowest BCUT2D eigenvalue weighted by Crippen LogP contribution is -2.20. The largest absolute Gasteiger partial charge is 0.497 e. The van der Waals surface area contributed by atoms with Crippen LogP contribution in [0.1, 0.15) is 43.3 Å². The third-order valence-corrected chi connectivity index (χ3v) is 4.14. The van der Waals surface area contributed by atoms with Crippen LogP contribution in [-0.4, -0.2) is 23.8 Å². The van der Waals surface area contributed by atoms with Crippen LogP contribution < -0.4 is 4.74 Å². The molecule has 0 unspecified atom stereocenters. The Kier molecular flexibility index (Phi) is 3.27. The average Bonchev–Trinajstić information content (AvgIpc) is 3.04. The highest BCUT2D eigenvalue weighted by Gasteiger charge is 2.36. The number of fused-ring (bicyclic) bond motifs is 2. The van der Waals surface area contributed by atoms with Crippen LogP contribution in [0.25, 0.3) is 0 Å². The van der Waals surface area contributed by atoms with Crippen molar-refractivity contribution in [3.8, 4) is 5.75 Å². The predicted molar refractivity (Wildman–Crippen MR) is 85.6 cm³/mol. The summed E-state index contributed by atoms with van der Waals surface area (Å²) in [5, 5.41) is 3.97. The Labute approximate surface area is 137 Å². The summed E-state index contributed by atoms with van der Waals surface area (Å²) in [5.41, 5.74) is 2.46. The Morgan fingerprint density at radius 2 is 1.62 bits per heavy atom. The van der Waals surface area contributed by atoms with Gasteiger partial charge in [0.1, 0.15) is 5.75 Å². The zero-order chi connectivity index (χ0) is 16.7. The maximum atomic E-state index is 12.8. The highest BCUT2D eigenvalue weighted by Crippen LogP contribution is 2.30. The number of hydrogen-bond acceptors (Lipinski definition) is 5. The molecule has 1 aliphatic rings. The van der Waals surface area contributed by atoms with Crippen molar-refractivity contribution in [1.29, 1.82) is 0 Å². The second-order valence-corrected chi connectivity index (χ2v) is 5.56. The van der Waals surface area contributed by atoms with Gasteiger partial charge in [-0.2, -0.15) is 0 Å². The Morgan fingerprint density at radius 3 is 2.29 bits per heavy atom. The van der Waals surface area contributed by atoms with Crippen molar-refractivity contribution in [1.82, 2.24) is 5.16 Å². The van der Waals surface area contributed by atoms with E-state index in [0.29, 0.717) is 23.2 Å². The molecular formula is C19H13NO4. The molecule has 3 aromatic rings. The van der Waals surface area contributed by atoms with Crippen LogP contribution in [0.5, 0.6) is 5.75 Å². The molecule has 1 aliphatic carbocycles. The van der Waals surface area contributed by atoms with Gasteiger partial charge in [0.25, 0.3) is 0 Å². The van der Waals surface area contributed by atoms with Crippen LogP contribution in [0.4, 0.5) is 0 Å². The molecule has 0 amide bonds. The molecule has 118 valence electrons. The van der Waals surface area contributed by atoms with E-state index in [1.54, 1.807) is 31.4 Å². The Hall–Kier alpha value is -3.21. The number of carbonyl (C=O) groups is 2. The molecule has 5 nitrogen and oxygen atoms in total. The summed E-state index contributed by atoms with van der Waals surface area (Å²) in [6, 6.07) is 14.2. The van der Waals surface area contributed by atoms with Gasteiger partial charge in [-0.25, -0.2) is 0 Å². The first kappa shape index (κ1) is 14.4. The van der Waals surface area contributed by atoms with E-state index in [0.717, 1.165) is 11.3 Å². The number of nitrogens with zero attached hydrogens (tertiary/aromatic N) is 1. The van der Waals surface area contributed by atoms with Gasteiger partial charge in [-0.15, -0.1) is 0 Å². The van der Waals surface area contributed by atoms with Gasteiger partial charge in [0.15, 0.2) is 5.78 Å². The zero-order valence-corrected chi connectivity index (χ0v) is 12.9. The van der Waals surface area contributed by atoms with Crippen molar-refractivity contribution in [2.75, 3.05) is 7.11 Å². The number of ketones is 2. The van der Waals surface area contributed by atoms with Gasteiger partial charge in [-0.1, -0.05) is 41.6 Å². The lowest BCUT2D eigenvalue weighted by Gasteiger charge is -2.12. The number of ether oxygens (including phenoxy) is 1. The van der Waals surface area contributed by atoms with Crippen LogP contribution >= 0.6 is 0 Å². The molecule has 0 radical (unpaired) electrons. The third kappa shape index (κ3) is 2.13. The third-order valence-electron chi connectivity index (χ3n) is 4.14. The Morgan fingerprint density at radius 1 is 0.958 bits per heavy atom. The molecule has 5 heteroatoms. The Bertz CT molecular complexity index is 954. The van der Waals surface area contributed by atoms with Gasteiger partial charge in [0.2, 0.25) is 11.5 Å². The second-order valence-electron chi connectivity index (χ2n) is 5.56. The Balaban J connectivity index is 1.74. The SMILES string of the molecule is COc1ccc(Cc2noc3c2C(=O)c2ccccc2C3=O)cc1. The molecule has 2 aromatic carbocycles. The molecule has 0 bridgehead atoms. The number of benzene rings is 2. The molecule has 0 fully saturated rings.